The van der Waals surface area contributed by atoms with Gasteiger partial charge in [0.2, 0.25) is 0 Å². The van der Waals surface area contributed by atoms with E-state index in [2.05, 4.69) is 36.5 Å². The zero-order valence-corrected chi connectivity index (χ0v) is 10.3. The first-order valence-corrected chi connectivity index (χ1v) is 6.68. The van der Waals surface area contributed by atoms with Crippen LogP contribution in [0.2, 0.25) is 0 Å². The van der Waals surface area contributed by atoms with Crippen LogP contribution in [0.5, 0.6) is 0 Å². The molecule has 2 heterocycles. The van der Waals surface area contributed by atoms with Crippen LogP contribution in [0, 0.1) is 12.8 Å². The Morgan fingerprint density at radius 3 is 2.76 bits per heavy atom. The summed E-state index contributed by atoms with van der Waals surface area (Å²) in [7, 11) is 0. The number of rotatable bonds is 2. The largest absolute Gasteiger partial charge is 0.311 e. The van der Waals surface area contributed by atoms with Crippen LogP contribution in [0.1, 0.15) is 30.4 Å². The zero-order valence-electron chi connectivity index (χ0n) is 10.3. The van der Waals surface area contributed by atoms with Crippen LogP contribution < -0.4 is 5.32 Å². The van der Waals surface area contributed by atoms with Crippen LogP contribution in [-0.2, 0) is 6.42 Å². The van der Waals surface area contributed by atoms with Crippen molar-refractivity contribution in [2.45, 2.75) is 50.9 Å². The van der Waals surface area contributed by atoms with E-state index in [4.69, 9.17) is 0 Å². The highest BCUT2D eigenvalue weighted by Crippen LogP contribution is 2.35. The minimum absolute atomic E-state index is 0.177. The topological polar surface area (TPSA) is 12.0 Å². The van der Waals surface area contributed by atoms with Gasteiger partial charge in [0.15, 0.2) is 0 Å². The molecule has 2 fully saturated rings. The van der Waals surface area contributed by atoms with Crippen LogP contribution in [0.25, 0.3) is 0 Å². The maximum absolute atomic E-state index is 14.1. The number of halogens is 1. The van der Waals surface area contributed by atoms with E-state index in [0.29, 0.717) is 18.5 Å². The third-order valence-corrected chi connectivity index (χ3v) is 4.36. The van der Waals surface area contributed by atoms with Crippen LogP contribution >= 0.6 is 0 Å². The number of nitrogens with one attached hydrogen (secondary N) is 1. The Morgan fingerprint density at radius 1 is 1.24 bits per heavy atom. The van der Waals surface area contributed by atoms with Gasteiger partial charge in [-0.25, -0.2) is 4.39 Å². The van der Waals surface area contributed by atoms with Crippen LogP contribution in [0.15, 0.2) is 24.3 Å². The van der Waals surface area contributed by atoms with Crippen molar-refractivity contribution < 1.29 is 4.39 Å². The number of hydrogen-bond donors (Lipinski definition) is 1. The maximum Gasteiger partial charge on any atom is 0.106 e. The Labute approximate surface area is 102 Å². The number of fused-ring (bicyclic) bond motifs is 2. The minimum atomic E-state index is -0.616. The summed E-state index contributed by atoms with van der Waals surface area (Å²) in [5.74, 6) is 0.177. The van der Waals surface area contributed by atoms with Gasteiger partial charge in [-0.1, -0.05) is 29.8 Å². The second-order valence-electron chi connectivity index (χ2n) is 5.65. The molecule has 2 heteroatoms. The van der Waals surface area contributed by atoms with Crippen molar-refractivity contribution in [1.29, 1.82) is 0 Å². The Balaban J connectivity index is 1.73. The summed E-state index contributed by atoms with van der Waals surface area (Å²) >= 11 is 0. The van der Waals surface area contributed by atoms with Crippen LogP contribution in [0.3, 0.4) is 0 Å². The van der Waals surface area contributed by atoms with Crippen LogP contribution in [0.4, 0.5) is 4.39 Å². The quantitative estimate of drug-likeness (QED) is 0.828. The molecule has 3 rings (SSSR count). The van der Waals surface area contributed by atoms with E-state index in [-0.39, 0.29) is 5.92 Å². The summed E-state index contributed by atoms with van der Waals surface area (Å²) in [6.45, 7) is 2.09. The molecular formula is C15H20FN. The first-order chi connectivity index (χ1) is 8.22. The standard InChI is InChI=1S/C15H20FN/c1-10-2-4-11(5-3-10)8-13-14(16)9-12-6-7-15(13)17-12/h2-5,12-15,17H,6-9H2,1H3. The van der Waals surface area contributed by atoms with Crippen molar-refractivity contribution in [3.63, 3.8) is 0 Å². The molecule has 1 aromatic carbocycles. The fourth-order valence-electron chi connectivity index (χ4n) is 3.34. The molecule has 0 spiro atoms. The van der Waals surface area contributed by atoms with Crippen molar-refractivity contribution >= 4 is 0 Å². The molecule has 0 aromatic heterocycles. The monoisotopic (exact) mass is 233 g/mol. The lowest BCUT2D eigenvalue weighted by molar-refractivity contribution is 0.136. The zero-order chi connectivity index (χ0) is 11.8. The van der Waals surface area contributed by atoms with Gasteiger partial charge < -0.3 is 5.32 Å². The fraction of sp³-hybridized carbons (Fsp3) is 0.600. The van der Waals surface area contributed by atoms with Gasteiger partial charge >= 0.3 is 0 Å². The molecule has 2 aliphatic heterocycles. The van der Waals surface area contributed by atoms with E-state index < -0.39 is 6.17 Å². The van der Waals surface area contributed by atoms with Crippen molar-refractivity contribution in [2.24, 2.45) is 5.92 Å². The number of alkyl halides is 1. The predicted molar refractivity (Wildman–Crippen MR) is 67.8 cm³/mol. The third kappa shape index (κ3) is 2.23. The maximum atomic E-state index is 14.1. The van der Waals surface area contributed by atoms with Gasteiger partial charge in [-0.15, -0.1) is 0 Å². The predicted octanol–water partition coefficient (Wildman–Crippen LogP) is 3.02. The minimum Gasteiger partial charge on any atom is -0.311 e. The van der Waals surface area contributed by atoms with Gasteiger partial charge in [0.05, 0.1) is 0 Å². The number of hydrogen-bond acceptors (Lipinski definition) is 1. The normalized spacial score (nSPS) is 36.1. The highest BCUT2D eigenvalue weighted by molar-refractivity contribution is 5.22. The summed E-state index contributed by atoms with van der Waals surface area (Å²) in [6, 6.07) is 9.38. The molecule has 0 aliphatic carbocycles. The number of benzene rings is 1. The molecule has 17 heavy (non-hydrogen) atoms. The molecule has 2 bridgehead atoms. The molecule has 0 amide bonds. The van der Waals surface area contributed by atoms with Gasteiger partial charge in [0, 0.05) is 18.0 Å². The molecule has 2 saturated heterocycles. The molecule has 0 saturated carbocycles. The average molecular weight is 233 g/mol. The van der Waals surface area contributed by atoms with Crippen molar-refractivity contribution in [2.75, 3.05) is 0 Å². The molecule has 92 valence electrons. The molecule has 1 N–H and O–H groups in total. The highest BCUT2D eigenvalue weighted by Gasteiger charge is 2.41. The summed E-state index contributed by atoms with van der Waals surface area (Å²) in [5, 5.41) is 3.56. The van der Waals surface area contributed by atoms with E-state index in [1.165, 1.54) is 11.1 Å². The Morgan fingerprint density at radius 2 is 2.00 bits per heavy atom. The highest BCUT2D eigenvalue weighted by atomic mass is 19.1. The second-order valence-corrected chi connectivity index (χ2v) is 5.65. The molecule has 1 nitrogen and oxygen atoms in total. The lowest BCUT2D eigenvalue weighted by Crippen LogP contribution is -2.47. The summed E-state index contributed by atoms with van der Waals surface area (Å²) < 4.78 is 14.1. The number of aryl methyl sites for hydroxylation is 1. The Kier molecular flexibility index (Phi) is 2.91. The molecule has 2 aliphatic rings. The van der Waals surface area contributed by atoms with Crippen molar-refractivity contribution in [1.82, 2.24) is 5.32 Å². The molecule has 0 radical (unpaired) electrons. The summed E-state index contributed by atoms with van der Waals surface area (Å²) in [5.41, 5.74) is 2.55. The lowest BCUT2D eigenvalue weighted by atomic mass is 9.85. The van der Waals surface area contributed by atoms with Crippen molar-refractivity contribution in [3.05, 3.63) is 35.4 Å². The molecule has 4 unspecified atom stereocenters. The van der Waals surface area contributed by atoms with E-state index in [1.807, 2.05) is 0 Å². The second kappa shape index (κ2) is 4.41. The fourth-order valence-corrected chi connectivity index (χ4v) is 3.34. The Bertz CT molecular complexity index is 386. The van der Waals surface area contributed by atoms with E-state index in [9.17, 15) is 4.39 Å². The smallest absolute Gasteiger partial charge is 0.106 e. The van der Waals surface area contributed by atoms with Gasteiger partial charge in [-0.05, 0) is 38.2 Å². The van der Waals surface area contributed by atoms with E-state index in [0.717, 1.165) is 19.3 Å². The summed E-state index contributed by atoms with van der Waals surface area (Å²) in [6.07, 6.45) is 3.30. The number of piperidine rings is 1. The third-order valence-electron chi connectivity index (χ3n) is 4.36. The lowest BCUT2D eigenvalue weighted by Gasteiger charge is -2.33. The first kappa shape index (κ1) is 11.2. The van der Waals surface area contributed by atoms with Gasteiger partial charge in [-0.3, -0.25) is 0 Å². The SMILES string of the molecule is Cc1ccc(CC2C(F)CC3CCC2N3)cc1. The van der Waals surface area contributed by atoms with Gasteiger partial charge in [0.25, 0.3) is 0 Å². The van der Waals surface area contributed by atoms with E-state index >= 15 is 0 Å². The summed E-state index contributed by atoms with van der Waals surface area (Å²) in [4.78, 5) is 0. The van der Waals surface area contributed by atoms with Crippen molar-refractivity contribution in [3.8, 4) is 0 Å². The van der Waals surface area contributed by atoms with Gasteiger partial charge in [-0.2, -0.15) is 0 Å². The molecular weight excluding hydrogens is 213 g/mol. The van der Waals surface area contributed by atoms with Crippen LogP contribution in [-0.4, -0.2) is 18.3 Å². The molecule has 4 atom stereocenters. The average Bonchev–Trinajstić information content (AvgIpc) is 2.71. The Hall–Kier alpha value is -0.890. The molecule has 1 aromatic rings. The first-order valence-electron chi connectivity index (χ1n) is 6.68. The van der Waals surface area contributed by atoms with E-state index in [1.54, 1.807) is 0 Å². The van der Waals surface area contributed by atoms with Gasteiger partial charge in [0.1, 0.15) is 6.17 Å².